The van der Waals surface area contributed by atoms with E-state index >= 15 is 0 Å². The Morgan fingerprint density at radius 1 is 0.853 bits per heavy atom. The quantitative estimate of drug-likeness (QED) is 0.264. The van der Waals surface area contributed by atoms with Crippen LogP contribution in [0.2, 0.25) is 0 Å². The van der Waals surface area contributed by atoms with Crippen LogP contribution in [0.3, 0.4) is 0 Å². The number of benzene rings is 1. The lowest BCUT2D eigenvalue weighted by molar-refractivity contribution is -0.122. The second kappa shape index (κ2) is 13.9. The predicted molar refractivity (Wildman–Crippen MR) is 135 cm³/mol. The Morgan fingerprint density at radius 2 is 1.44 bits per heavy atom. The lowest BCUT2D eigenvalue weighted by Crippen LogP contribution is -2.28. The number of anilines is 1. The van der Waals surface area contributed by atoms with Crippen molar-refractivity contribution in [3.8, 4) is 18.2 Å². The smallest absolute Gasteiger partial charge is 0.260 e. The Hall–Kier alpha value is -3.56. The molecule has 1 aromatic carbocycles. The molecule has 0 bridgehead atoms. The molecule has 1 aliphatic heterocycles. The normalized spacial score (nSPS) is 13.0. The molecule has 1 heterocycles. The van der Waals surface area contributed by atoms with Gasteiger partial charge >= 0.3 is 0 Å². The van der Waals surface area contributed by atoms with Crippen molar-refractivity contribution < 1.29 is 4.79 Å². The van der Waals surface area contributed by atoms with E-state index in [0.29, 0.717) is 12.1 Å². The molecule has 0 saturated carbocycles. The molecule has 0 atom stereocenters. The Morgan fingerprint density at radius 3 is 1.94 bits per heavy atom. The molecule has 1 amide bonds. The second-order valence-electron chi connectivity index (χ2n) is 8.57. The number of nitrogens with zero attached hydrogens (tertiary/aromatic N) is 5. The lowest BCUT2D eigenvalue weighted by Gasteiger charge is -2.25. The Labute approximate surface area is 204 Å². The van der Waals surface area contributed by atoms with Crippen molar-refractivity contribution in [3.63, 3.8) is 0 Å². The molecule has 6 nitrogen and oxygen atoms in total. The minimum Gasteiger partial charge on any atom is -0.372 e. The van der Waals surface area contributed by atoms with Gasteiger partial charge in [0.25, 0.3) is 5.91 Å². The topological polar surface area (TPSA) is 94.9 Å². The molecular weight excluding hydrogens is 422 g/mol. The van der Waals surface area contributed by atoms with E-state index in [9.17, 15) is 20.6 Å². The maximum Gasteiger partial charge on any atom is 0.260 e. The third-order valence-corrected chi connectivity index (χ3v) is 6.11. The summed E-state index contributed by atoms with van der Waals surface area (Å²) >= 11 is 0. The summed E-state index contributed by atoms with van der Waals surface area (Å²) in [6, 6.07) is 13.6. The third kappa shape index (κ3) is 6.27. The van der Waals surface area contributed by atoms with Crippen LogP contribution < -0.4 is 4.90 Å². The van der Waals surface area contributed by atoms with Crippen molar-refractivity contribution in [2.75, 3.05) is 24.5 Å². The fourth-order valence-electron chi connectivity index (χ4n) is 4.18. The number of rotatable bonds is 13. The van der Waals surface area contributed by atoms with Crippen LogP contribution >= 0.6 is 0 Å². The van der Waals surface area contributed by atoms with E-state index in [-0.39, 0.29) is 28.3 Å². The van der Waals surface area contributed by atoms with Gasteiger partial charge in [-0.25, -0.2) is 0 Å². The molecule has 1 aromatic rings. The highest BCUT2D eigenvalue weighted by Gasteiger charge is 2.38. The van der Waals surface area contributed by atoms with Gasteiger partial charge in [-0.05, 0) is 37.0 Å². The summed E-state index contributed by atoms with van der Waals surface area (Å²) in [4.78, 5) is 17.3. The van der Waals surface area contributed by atoms with Gasteiger partial charge in [0.2, 0.25) is 0 Å². The van der Waals surface area contributed by atoms with Crippen LogP contribution in [-0.4, -0.2) is 30.4 Å². The first-order valence-electron chi connectivity index (χ1n) is 12.4. The molecule has 0 unspecified atom stereocenters. The number of hydrogen-bond donors (Lipinski definition) is 0. The van der Waals surface area contributed by atoms with Gasteiger partial charge in [-0.3, -0.25) is 4.79 Å². The minimum atomic E-state index is -0.312. The van der Waals surface area contributed by atoms with Gasteiger partial charge in [0.1, 0.15) is 18.2 Å². The van der Waals surface area contributed by atoms with Crippen molar-refractivity contribution in [3.05, 3.63) is 46.7 Å². The highest BCUT2D eigenvalue weighted by atomic mass is 16.2. The lowest BCUT2D eigenvalue weighted by atomic mass is 9.99. The van der Waals surface area contributed by atoms with E-state index in [2.05, 4.69) is 31.7 Å². The number of carbonyl (C=O) groups is 1. The number of amides is 1. The number of nitriles is 3. The molecule has 0 N–H and O–H groups in total. The summed E-state index contributed by atoms with van der Waals surface area (Å²) in [5.74, 6) is -0.312. The summed E-state index contributed by atoms with van der Waals surface area (Å²) in [6.45, 7) is 8.81. The van der Waals surface area contributed by atoms with Gasteiger partial charge in [0.05, 0.1) is 16.8 Å². The highest BCUT2D eigenvalue weighted by molar-refractivity contribution is 6.25. The van der Waals surface area contributed by atoms with E-state index in [4.69, 9.17) is 0 Å². The van der Waals surface area contributed by atoms with Crippen LogP contribution in [0.4, 0.5) is 5.69 Å². The number of allylic oxidation sites excluding steroid dienone is 2. The molecule has 0 saturated heterocycles. The van der Waals surface area contributed by atoms with Gasteiger partial charge in [-0.1, -0.05) is 65.0 Å². The number of hydrogen-bond acceptors (Lipinski definition) is 5. The first kappa shape index (κ1) is 26.7. The van der Waals surface area contributed by atoms with E-state index in [1.54, 1.807) is 0 Å². The number of carbonyl (C=O) groups excluding carboxylic acids is 1. The van der Waals surface area contributed by atoms with Gasteiger partial charge in [-0.2, -0.15) is 15.8 Å². The molecule has 178 valence electrons. The fourth-order valence-corrected chi connectivity index (χ4v) is 4.18. The fraction of sp³-hybridized carbons (Fsp3) is 0.500. The molecular formula is C28H35N5O. The van der Waals surface area contributed by atoms with Crippen molar-refractivity contribution in [1.82, 2.24) is 4.90 Å². The standard InChI is InChI=1S/C28H35N5O/c1-4-7-10-11-18-33-27(23(19-29)20-30)25(21-31)26(28(33)34)22-12-14-24(15-13-22)32(16-8-5-2)17-9-6-3/h12-15H,4-11,16-18H2,1-3H3. The first-order chi connectivity index (χ1) is 16.6. The SMILES string of the molecule is CCCCCCN1C(=O)C(c2ccc(N(CCCC)CCCC)cc2)=C(C#N)C1=C(C#N)C#N. The second-order valence-corrected chi connectivity index (χ2v) is 8.57. The molecule has 0 fully saturated rings. The van der Waals surface area contributed by atoms with Gasteiger partial charge in [0.15, 0.2) is 5.57 Å². The van der Waals surface area contributed by atoms with Crippen LogP contribution in [0.1, 0.15) is 77.7 Å². The summed E-state index contributed by atoms with van der Waals surface area (Å²) in [5.41, 5.74) is 2.08. The Kier molecular flexibility index (Phi) is 10.9. The van der Waals surface area contributed by atoms with Gasteiger partial charge in [0, 0.05) is 25.3 Å². The minimum absolute atomic E-state index is 0.111. The van der Waals surface area contributed by atoms with Crippen LogP contribution in [0.5, 0.6) is 0 Å². The third-order valence-electron chi connectivity index (χ3n) is 6.11. The Balaban J connectivity index is 2.45. The van der Waals surface area contributed by atoms with E-state index in [1.807, 2.05) is 36.4 Å². The summed E-state index contributed by atoms with van der Waals surface area (Å²) in [5, 5.41) is 28.9. The molecule has 2 rings (SSSR count). The van der Waals surface area contributed by atoms with E-state index < -0.39 is 0 Å². The summed E-state index contributed by atoms with van der Waals surface area (Å²) in [7, 11) is 0. The zero-order valence-corrected chi connectivity index (χ0v) is 20.7. The average molecular weight is 458 g/mol. The molecule has 0 aromatic heterocycles. The van der Waals surface area contributed by atoms with E-state index in [0.717, 1.165) is 70.1 Å². The molecule has 0 spiro atoms. The van der Waals surface area contributed by atoms with Gasteiger partial charge < -0.3 is 9.80 Å². The van der Waals surface area contributed by atoms with Crippen LogP contribution in [0.25, 0.3) is 5.57 Å². The largest absolute Gasteiger partial charge is 0.372 e. The van der Waals surface area contributed by atoms with Crippen molar-refractivity contribution in [1.29, 1.82) is 15.8 Å². The highest BCUT2D eigenvalue weighted by Crippen LogP contribution is 2.37. The Bertz CT molecular complexity index is 1010. The van der Waals surface area contributed by atoms with Crippen LogP contribution in [-0.2, 0) is 4.79 Å². The van der Waals surface area contributed by atoms with Crippen LogP contribution in [0, 0.1) is 34.0 Å². The summed E-state index contributed by atoms with van der Waals surface area (Å²) in [6.07, 6.45) is 8.27. The number of unbranched alkanes of at least 4 members (excludes halogenated alkanes) is 5. The zero-order chi connectivity index (χ0) is 24.9. The van der Waals surface area contributed by atoms with Crippen molar-refractivity contribution in [2.24, 2.45) is 0 Å². The first-order valence-corrected chi connectivity index (χ1v) is 12.4. The maximum atomic E-state index is 13.4. The molecule has 34 heavy (non-hydrogen) atoms. The molecule has 6 heteroatoms. The molecule has 0 aliphatic carbocycles. The average Bonchev–Trinajstić information content (AvgIpc) is 3.14. The van der Waals surface area contributed by atoms with Gasteiger partial charge in [-0.15, -0.1) is 0 Å². The summed E-state index contributed by atoms with van der Waals surface area (Å²) < 4.78 is 0. The molecule has 1 aliphatic rings. The van der Waals surface area contributed by atoms with Crippen LogP contribution in [0.15, 0.2) is 41.1 Å². The van der Waals surface area contributed by atoms with E-state index in [1.165, 1.54) is 4.90 Å². The van der Waals surface area contributed by atoms with Crippen molar-refractivity contribution >= 4 is 17.2 Å². The van der Waals surface area contributed by atoms with Crippen molar-refractivity contribution in [2.45, 2.75) is 72.1 Å². The maximum absolute atomic E-state index is 13.4. The predicted octanol–water partition coefficient (Wildman–Crippen LogP) is 6.09. The monoisotopic (exact) mass is 457 g/mol. The molecule has 0 radical (unpaired) electrons. The zero-order valence-electron chi connectivity index (χ0n) is 20.7.